The fourth-order valence-corrected chi connectivity index (χ4v) is 2.91. The number of aliphatic hydroxyl groups excluding tert-OH is 1. The van der Waals surface area contributed by atoms with Gasteiger partial charge in [0, 0.05) is 11.1 Å². The smallest absolute Gasteiger partial charge is 0.311 e. The Labute approximate surface area is 178 Å². The number of halogens is 1. The van der Waals surface area contributed by atoms with Gasteiger partial charge in [-0.15, -0.1) is 0 Å². The number of benzene rings is 1. The Bertz CT molecular complexity index is 801. The standard InChI is InChI=1S/C23H33ClO5/c1-14(8-7-9-15(2)13-29-22(28)23(4,5)6)10-11-17-20(26)18(12-25)16(3)19(24)21(17)27/h9-10,25-27H,7-8,11-13H2,1-6H3. The normalized spacial score (nSPS) is 13.0. The van der Waals surface area contributed by atoms with Crippen LogP contribution in [0.1, 0.15) is 64.2 Å². The van der Waals surface area contributed by atoms with Crippen molar-refractivity contribution in [1.82, 2.24) is 0 Å². The molecule has 0 saturated heterocycles. The molecule has 0 radical (unpaired) electrons. The van der Waals surface area contributed by atoms with Gasteiger partial charge in [0.1, 0.15) is 18.1 Å². The molecule has 29 heavy (non-hydrogen) atoms. The Morgan fingerprint density at radius 2 is 1.69 bits per heavy atom. The van der Waals surface area contributed by atoms with E-state index in [2.05, 4.69) is 0 Å². The highest BCUT2D eigenvalue weighted by Crippen LogP contribution is 2.41. The quantitative estimate of drug-likeness (QED) is 0.386. The number of allylic oxidation sites excluding steroid dienone is 3. The molecule has 1 rings (SSSR count). The average molecular weight is 425 g/mol. The van der Waals surface area contributed by atoms with Crippen LogP contribution in [0.5, 0.6) is 11.5 Å². The summed E-state index contributed by atoms with van der Waals surface area (Å²) in [4.78, 5) is 11.8. The number of phenolic OH excluding ortho intramolecular Hbond substituents is 1. The van der Waals surface area contributed by atoms with Crippen LogP contribution in [-0.2, 0) is 22.6 Å². The molecule has 1 aromatic rings. The Hall–Kier alpha value is -1.98. The van der Waals surface area contributed by atoms with Gasteiger partial charge in [-0.05, 0) is 71.9 Å². The summed E-state index contributed by atoms with van der Waals surface area (Å²) in [5, 5.41) is 30.2. The number of phenols is 2. The molecule has 0 aliphatic carbocycles. The van der Waals surface area contributed by atoms with E-state index in [0.717, 1.165) is 24.0 Å². The molecule has 0 aliphatic rings. The van der Waals surface area contributed by atoms with Gasteiger partial charge < -0.3 is 20.1 Å². The Morgan fingerprint density at radius 1 is 1.07 bits per heavy atom. The summed E-state index contributed by atoms with van der Waals surface area (Å²) < 4.78 is 5.29. The van der Waals surface area contributed by atoms with Crippen LogP contribution in [0.25, 0.3) is 0 Å². The molecule has 0 spiro atoms. The molecule has 6 heteroatoms. The van der Waals surface area contributed by atoms with Crippen LogP contribution in [0.4, 0.5) is 0 Å². The zero-order valence-electron chi connectivity index (χ0n) is 18.2. The molecule has 5 nitrogen and oxygen atoms in total. The summed E-state index contributed by atoms with van der Waals surface area (Å²) in [6.07, 6.45) is 5.84. The highest BCUT2D eigenvalue weighted by molar-refractivity contribution is 6.33. The third-order valence-electron chi connectivity index (χ3n) is 4.73. The molecule has 162 valence electrons. The molecular weight excluding hydrogens is 392 g/mol. The van der Waals surface area contributed by atoms with E-state index in [-0.39, 0.29) is 35.7 Å². The average Bonchev–Trinajstić information content (AvgIpc) is 2.64. The van der Waals surface area contributed by atoms with Crippen LogP contribution in [-0.4, -0.2) is 27.9 Å². The molecule has 0 fully saturated rings. The second kappa shape index (κ2) is 10.7. The summed E-state index contributed by atoms with van der Waals surface area (Å²) in [5.74, 6) is -0.494. The first kappa shape index (κ1) is 25.1. The maximum Gasteiger partial charge on any atom is 0.311 e. The van der Waals surface area contributed by atoms with E-state index in [1.807, 2.05) is 46.8 Å². The molecule has 0 bridgehead atoms. The third kappa shape index (κ3) is 7.09. The van der Waals surface area contributed by atoms with E-state index in [4.69, 9.17) is 16.3 Å². The molecule has 0 aromatic heterocycles. The van der Waals surface area contributed by atoms with Crippen molar-refractivity contribution in [3.63, 3.8) is 0 Å². The van der Waals surface area contributed by atoms with Gasteiger partial charge in [0.15, 0.2) is 0 Å². The van der Waals surface area contributed by atoms with E-state index < -0.39 is 5.41 Å². The first-order valence-corrected chi connectivity index (χ1v) is 10.1. The summed E-state index contributed by atoms with van der Waals surface area (Å²) in [5.41, 5.74) is 2.68. The molecule has 0 aliphatic heterocycles. The largest absolute Gasteiger partial charge is 0.507 e. The van der Waals surface area contributed by atoms with Crippen LogP contribution in [0.2, 0.25) is 5.02 Å². The summed E-state index contributed by atoms with van der Waals surface area (Å²) in [6.45, 7) is 10.9. The van der Waals surface area contributed by atoms with Crippen LogP contribution in [0.3, 0.4) is 0 Å². The van der Waals surface area contributed by atoms with Crippen LogP contribution < -0.4 is 0 Å². The minimum atomic E-state index is -0.508. The first-order chi connectivity index (χ1) is 13.4. The lowest BCUT2D eigenvalue weighted by Crippen LogP contribution is -2.23. The number of esters is 1. The number of aromatic hydroxyl groups is 2. The summed E-state index contributed by atoms with van der Waals surface area (Å²) in [6, 6.07) is 0. The van der Waals surface area contributed by atoms with Crippen molar-refractivity contribution in [2.24, 2.45) is 5.41 Å². The Kier molecular flexibility index (Phi) is 9.24. The van der Waals surface area contributed by atoms with Gasteiger partial charge in [-0.25, -0.2) is 0 Å². The molecular formula is C23H33ClO5. The fraction of sp³-hybridized carbons (Fsp3) is 0.522. The lowest BCUT2D eigenvalue weighted by atomic mass is 9.97. The molecule has 0 atom stereocenters. The van der Waals surface area contributed by atoms with Crippen LogP contribution in [0.15, 0.2) is 23.3 Å². The van der Waals surface area contributed by atoms with E-state index in [0.29, 0.717) is 23.1 Å². The van der Waals surface area contributed by atoms with Gasteiger partial charge in [-0.1, -0.05) is 29.3 Å². The maximum atomic E-state index is 11.8. The van der Waals surface area contributed by atoms with E-state index in [9.17, 15) is 20.1 Å². The minimum absolute atomic E-state index is 0.118. The highest BCUT2D eigenvalue weighted by Gasteiger charge is 2.22. The zero-order valence-corrected chi connectivity index (χ0v) is 19.0. The number of aliphatic hydroxyl groups is 1. The van der Waals surface area contributed by atoms with Gasteiger partial charge in [0.25, 0.3) is 0 Å². The van der Waals surface area contributed by atoms with Crippen molar-refractivity contribution >= 4 is 17.6 Å². The van der Waals surface area contributed by atoms with E-state index >= 15 is 0 Å². The van der Waals surface area contributed by atoms with Gasteiger partial charge in [-0.2, -0.15) is 0 Å². The number of hydrogen-bond acceptors (Lipinski definition) is 5. The SMILES string of the molecule is CC(=CCc1c(O)c(Cl)c(C)c(CO)c1O)CCC=C(C)COC(=O)C(C)(C)C. The van der Waals surface area contributed by atoms with Crippen molar-refractivity contribution in [3.8, 4) is 11.5 Å². The summed E-state index contributed by atoms with van der Waals surface area (Å²) in [7, 11) is 0. The maximum absolute atomic E-state index is 11.8. The van der Waals surface area contributed by atoms with Crippen molar-refractivity contribution in [2.75, 3.05) is 6.61 Å². The Morgan fingerprint density at radius 3 is 2.24 bits per heavy atom. The second-order valence-corrected chi connectivity index (χ2v) is 8.80. The predicted octanol–water partition coefficient (Wildman–Crippen LogP) is 5.36. The third-order valence-corrected chi connectivity index (χ3v) is 5.20. The number of carbonyl (C=O) groups is 1. The molecule has 0 saturated carbocycles. The van der Waals surface area contributed by atoms with Gasteiger partial charge in [0.2, 0.25) is 0 Å². The number of rotatable bonds is 8. The van der Waals surface area contributed by atoms with Gasteiger partial charge in [0.05, 0.1) is 17.0 Å². The fourth-order valence-electron chi connectivity index (χ4n) is 2.68. The topological polar surface area (TPSA) is 87.0 Å². The van der Waals surface area contributed by atoms with Crippen LogP contribution in [0, 0.1) is 12.3 Å². The summed E-state index contributed by atoms with van der Waals surface area (Å²) >= 11 is 6.12. The predicted molar refractivity (Wildman–Crippen MR) is 116 cm³/mol. The monoisotopic (exact) mass is 424 g/mol. The van der Waals surface area contributed by atoms with Gasteiger partial charge in [-0.3, -0.25) is 4.79 Å². The first-order valence-electron chi connectivity index (χ1n) is 9.71. The van der Waals surface area contributed by atoms with E-state index in [1.165, 1.54) is 0 Å². The molecule has 0 unspecified atom stereocenters. The van der Waals surface area contributed by atoms with E-state index in [1.54, 1.807) is 6.92 Å². The molecule has 0 heterocycles. The molecule has 1 aromatic carbocycles. The van der Waals surface area contributed by atoms with Crippen molar-refractivity contribution < 1.29 is 24.9 Å². The highest BCUT2D eigenvalue weighted by atomic mass is 35.5. The minimum Gasteiger partial charge on any atom is -0.507 e. The van der Waals surface area contributed by atoms with Crippen LogP contribution >= 0.6 is 11.6 Å². The number of carbonyl (C=O) groups excluding carboxylic acids is 1. The lowest BCUT2D eigenvalue weighted by Gasteiger charge is -2.16. The lowest BCUT2D eigenvalue weighted by molar-refractivity contribution is -0.151. The van der Waals surface area contributed by atoms with Crippen molar-refractivity contribution in [3.05, 3.63) is 45.0 Å². The molecule has 3 N–H and O–H groups in total. The number of ether oxygens (including phenoxy) is 1. The zero-order chi connectivity index (χ0) is 22.4. The Balaban J connectivity index is 2.70. The van der Waals surface area contributed by atoms with Gasteiger partial charge >= 0.3 is 5.97 Å². The molecule has 0 amide bonds. The number of hydrogen-bond donors (Lipinski definition) is 3. The second-order valence-electron chi connectivity index (χ2n) is 8.42. The van der Waals surface area contributed by atoms with Crippen molar-refractivity contribution in [2.45, 2.75) is 67.4 Å². The van der Waals surface area contributed by atoms with Crippen molar-refractivity contribution in [1.29, 1.82) is 0 Å².